The normalized spacial score (nSPS) is 10.2. The maximum atomic E-state index is 11.1. The first-order chi connectivity index (χ1) is 7.63. The van der Waals surface area contributed by atoms with Gasteiger partial charge in [0.05, 0.1) is 0 Å². The molecule has 0 amide bonds. The Morgan fingerprint density at radius 2 is 2.44 bits per heavy atom. The van der Waals surface area contributed by atoms with Gasteiger partial charge in [-0.2, -0.15) is 5.26 Å². The Hall–Kier alpha value is -1.80. The Morgan fingerprint density at radius 3 is 3.06 bits per heavy atom. The molecule has 0 fully saturated rings. The van der Waals surface area contributed by atoms with Gasteiger partial charge in [-0.3, -0.25) is 9.59 Å². The lowest BCUT2D eigenvalue weighted by Gasteiger charge is -1.93. The molecule has 0 saturated carbocycles. The maximum absolute atomic E-state index is 11.1. The van der Waals surface area contributed by atoms with Crippen LogP contribution >= 0.6 is 11.8 Å². The van der Waals surface area contributed by atoms with E-state index in [0.29, 0.717) is 5.75 Å². The molecule has 0 atom stereocenters. The molecule has 1 rings (SSSR count). The summed E-state index contributed by atoms with van der Waals surface area (Å²) >= 11 is 1.20. The van der Waals surface area contributed by atoms with Gasteiger partial charge in [-0.05, 0) is 11.6 Å². The van der Waals surface area contributed by atoms with Crippen LogP contribution in [0.3, 0.4) is 0 Å². The van der Waals surface area contributed by atoms with E-state index in [4.69, 9.17) is 5.26 Å². The van der Waals surface area contributed by atoms with Crippen molar-refractivity contribution in [3.05, 3.63) is 39.8 Å². The van der Waals surface area contributed by atoms with E-state index in [2.05, 4.69) is 4.98 Å². The van der Waals surface area contributed by atoms with Crippen molar-refractivity contribution in [2.24, 2.45) is 0 Å². The van der Waals surface area contributed by atoms with E-state index in [9.17, 15) is 9.59 Å². The SMILES string of the molecule is CC(=O)SCC=Cc1c[nH]c(=O)c(C#N)c1. The molecule has 4 nitrogen and oxygen atoms in total. The molecular weight excluding hydrogens is 224 g/mol. The highest BCUT2D eigenvalue weighted by Gasteiger charge is 1.97. The number of carbonyl (C=O) groups is 1. The molecule has 0 bridgehead atoms. The average Bonchev–Trinajstić information content (AvgIpc) is 2.26. The third-order valence-corrected chi connectivity index (χ3v) is 2.50. The molecule has 1 heterocycles. The number of nitrogens with zero attached hydrogens (tertiary/aromatic N) is 1. The largest absolute Gasteiger partial charge is 0.327 e. The number of hydrogen-bond acceptors (Lipinski definition) is 4. The lowest BCUT2D eigenvalue weighted by molar-refractivity contribution is -0.109. The molecular formula is C11H10N2O2S. The predicted molar refractivity (Wildman–Crippen MR) is 64.0 cm³/mol. The number of pyridine rings is 1. The van der Waals surface area contributed by atoms with Crippen LogP contribution < -0.4 is 5.56 Å². The summed E-state index contributed by atoms with van der Waals surface area (Å²) in [5, 5.41) is 8.70. The van der Waals surface area contributed by atoms with Gasteiger partial charge < -0.3 is 4.98 Å². The topological polar surface area (TPSA) is 73.7 Å². The summed E-state index contributed by atoms with van der Waals surface area (Å²) in [5.74, 6) is 0.580. The molecule has 0 saturated heterocycles. The Morgan fingerprint density at radius 1 is 1.69 bits per heavy atom. The fourth-order valence-electron chi connectivity index (χ4n) is 1.03. The lowest BCUT2D eigenvalue weighted by Crippen LogP contribution is -2.08. The lowest BCUT2D eigenvalue weighted by atomic mass is 10.2. The minimum Gasteiger partial charge on any atom is -0.327 e. The monoisotopic (exact) mass is 234 g/mol. The van der Waals surface area contributed by atoms with E-state index < -0.39 is 5.56 Å². The number of rotatable bonds is 3. The van der Waals surface area contributed by atoms with E-state index in [1.165, 1.54) is 30.9 Å². The van der Waals surface area contributed by atoms with Crippen molar-refractivity contribution in [2.45, 2.75) is 6.92 Å². The van der Waals surface area contributed by atoms with Gasteiger partial charge in [0.15, 0.2) is 5.12 Å². The van der Waals surface area contributed by atoms with Crippen molar-refractivity contribution >= 4 is 23.0 Å². The highest BCUT2D eigenvalue weighted by atomic mass is 32.2. The molecule has 5 heteroatoms. The fourth-order valence-corrected chi connectivity index (χ4v) is 1.46. The van der Waals surface area contributed by atoms with Gasteiger partial charge in [0.1, 0.15) is 11.6 Å². The number of aromatic nitrogens is 1. The summed E-state index contributed by atoms with van der Waals surface area (Å²) in [6.07, 6.45) is 5.09. The third kappa shape index (κ3) is 3.75. The molecule has 0 aromatic carbocycles. The van der Waals surface area contributed by atoms with Gasteiger partial charge >= 0.3 is 0 Å². The number of H-pyrrole nitrogens is 1. The third-order valence-electron chi connectivity index (χ3n) is 1.74. The van der Waals surface area contributed by atoms with Crippen molar-refractivity contribution in [3.8, 4) is 6.07 Å². The number of carbonyl (C=O) groups excluding carboxylic acids is 1. The minimum atomic E-state index is -0.391. The van der Waals surface area contributed by atoms with Gasteiger partial charge in [-0.1, -0.05) is 23.9 Å². The molecule has 0 unspecified atom stereocenters. The minimum absolute atomic E-state index is 0.0591. The second-order valence-electron chi connectivity index (χ2n) is 2.99. The summed E-state index contributed by atoms with van der Waals surface area (Å²) in [6.45, 7) is 1.51. The summed E-state index contributed by atoms with van der Waals surface area (Å²) in [7, 11) is 0. The van der Waals surface area contributed by atoms with E-state index in [1.54, 1.807) is 12.2 Å². The summed E-state index contributed by atoms with van der Waals surface area (Å²) in [6, 6.07) is 3.32. The zero-order valence-corrected chi connectivity index (χ0v) is 9.50. The molecule has 0 aliphatic rings. The van der Waals surface area contributed by atoms with Crippen LogP contribution in [0.5, 0.6) is 0 Å². The first kappa shape index (κ1) is 12.3. The van der Waals surface area contributed by atoms with E-state index in [1.807, 2.05) is 6.07 Å². The number of nitriles is 1. The molecule has 0 aliphatic heterocycles. The van der Waals surface area contributed by atoms with E-state index in [0.717, 1.165) is 5.56 Å². The second kappa shape index (κ2) is 5.93. The van der Waals surface area contributed by atoms with Crippen LogP contribution in [0, 0.1) is 11.3 Å². The van der Waals surface area contributed by atoms with E-state index in [-0.39, 0.29) is 10.7 Å². The Kier molecular flexibility index (Phi) is 4.55. The molecule has 0 radical (unpaired) electrons. The van der Waals surface area contributed by atoms with Crippen LogP contribution in [0.2, 0.25) is 0 Å². The van der Waals surface area contributed by atoms with Crippen LogP contribution in [-0.4, -0.2) is 15.9 Å². The smallest absolute Gasteiger partial charge is 0.265 e. The molecule has 82 valence electrons. The van der Waals surface area contributed by atoms with Gasteiger partial charge in [-0.25, -0.2) is 0 Å². The highest BCUT2D eigenvalue weighted by Crippen LogP contribution is 2.05. The zero-order valence-electron chi connectivity index (χ0n) is 8.69. The van der Waals surface area contributed by atoms with Crippen LogP contribution in [0.25, 0.3) is 6.08 Å². The Bertz CT molecular complexity index is 511. The van der Waals surface area contributed by atoms with Crippen molar-refractivity contribution in [3.63, 3.8) is 0 Å². The van der Waals surface area contributed by atoms with Crippen molar-refractivity contribution < 1.29 is 4.79 Å². The summed E-state index contributed by atoms with van der Waals surface area (Å²) in [5.41, 5.74) is 0.430. The van der Waals surface area contributed by atoms with Crippen LogP contribution in [-0.2, 0) is 4.79 Å². The summed E-state index contributed by atoms with van der Waals surface area (Å²) < 4.78 is 0. The molecule has 0 aliphatic carbocycles. The predicted octanol–water partition coefficient (Wildman–Crippen LogP) is 1.54. The zero-order chi connectivity index (χ0) is 12.0. The average molecular weight is 234 g/mol. The fraction of sp³-hybridized carbons (Fsp3) is 0.182. The first-order valence-electron chi connectivity index (χ1n) is 4.56. The van der Waals surface area contributed by atoms with E-state index >= 15 is 0 Å². The molecule has 16 heavy (non-hydrogen) atoms. The van der Waals surface area contributed by atoms with Crippen LogP contribution in [0.4, 0.5) is 0 Å². The summed E-state index contributed by atoms with van der Waals surface area (Å²) in [4.78, 5) is 24.2. The van der Waals surface area contributed by atoms with Crippen molar-refractivity contribution in [2.75, 3.05) is 5.75 Å². The van der Waals surface area contributed by atoms with Gasteiger partial charge in [0.2, 0.25) is 0 Å². The quantitative estimate of drug-likeness (QED) is 0.860. The number of aromatic amines is 1. The number of thioether (sulfide) groups is 1. The van der Waals surface area contributed by atoms with Crippen molar-refractivity contribution in [1.29, 1.82) is 5.26 Å². The first-order valence-corrected chi connectivity index (χ1v) is 5.55. The molecule has 1 aromatic rings. The van der Waals surface area contributed by atoms with Gasteiger partial charge in [-0.15, -0.1) is 0 Å². The van der Waals surface area contributed by atoms with Gasteiger partial charge in [0, 0.05) is 18.9 Å². The van der Waals surface area contributed by atoms with Crippen LogP contribution in [0.15, 0.2) is 23.1 Å². The van der Waals surface area contributed by atoms with Gasteiger partial charge in [0.25, 0.3) is 5.56 Å². The number of nitrogens with one attached hydrogen (secondary N) is 1. The number of hydrogen-bond donors (Lipinski definition) is 1. The van der Waals surface area contributed by atoms with Crippen LogP contribution in [0.1, 0.15) is 18.1 Å². The Labute approximate surface area is 97.0 Å². The van der Waals surface area contributed by atoms with Crippen molar-refractivity contribution in [1.82, 2.24) is 4.98 Å². The molecule has 1 aromatic heterocycles. The molecule has 0 spiro atoms. The highest BCUT2D eigenvalue weighted by molar-refractivity contribution is 8.13. The molecule has 1 N–H and O–H groups in total. The Balaban J connectivity index is 2.72. The standard InChI is InChI=1S/C11H10N2O2S/c1-8(14)16-4-2-3-9-5-10(6-12)11(15)13-7-9/h2-3,5,7H,4H2,1H3,(H,13,15). The second-order valence-corrected chi connectivity index (χ2v) is 4.19. The maximum Gasteiger partial charge on any atom is 0.265 e.